The third kappa shape index (κ3) is 2.69. The summed E-state index contributed by atoms with van der Waals surface area (Å²) in [5, 5.41) is 9.37. The molecule has 2 heterocycles. The van der Waals surface area contributed by atoms with Crippen LogP contribution in [0.25, 0.3) is 0 Å². The molecule has 7 heteroatoms. The van der Waals surface area contributed by atoms with Gasteiger partial charge in [0.15, 0.2) is 5.82 Å². The first-order chi connectivity index (χ1) is 8.20. The van der Waals surface area contributed by atoms with Crippen LogP contribution in [0.4, 0.5) is 5.82 Å². The van der Waals surface area contributed by atoms with Crippen LogP contribution in [0.3, 0.4) is 0 Å². The Bertz CT molecular complexity index is 403. The lowest BCUT2D eigenvalue weighted by Crippen LogP contribution is -2.40. The van der Waals surface area contributed by atoms with E-state index in [0.29, 0.717) is 31.7 Å². The highest BCUT2D eigenvalue weighted by Gasteiger charge is 2.23. The van der Waals surface area contributed by atoms with Crippen molar-refractivity contribution in [2.24, 2.45) is 5.84 Å². The average Bonchev–Trinajstić information content (AvgIpc) is 2.39. The van der Waals surface area contributed by atoms with Crippen molar-refractivity contribution >= 4 is 11.7 Å². The summed E-state index contributed by atoms with van der Waals surface area (Å²) in [5.41, 5.74) is 2.61. The minimum atomic E-state index is -0.304. The van der Waals surface area contributed by atoms with Crippen LogP contribution in [-0.2, 0) is 0 Å². The lowest BCUT2D eigenvalue weighted by Gasteiger charge is -2.29. The summed E-state index contributed by atoms with van der Waals surface area (Å²) in [6.07, 6.45) is 3.76. The highest BCUT2D eigenvalue weighted by Crippen LogP contribution is 2.13. The number of piperidine rings is 1. The van der Waals surface area contributed by atoms with E-state index in [2.05, 4.69) is 15.4 Å². The van der Waals surface area contributed by atoms with Gasteiger partial charge in [-0.15, -0.1) is 0 Å². The molecule has 0 bridgehead atoms. The lowest BCUT2D eigenvalue weighted by atomic mass is 10.1. The maximum absolute atomic E-state index is 12.0. The monoisotopic (exact) mass is 237 g/mol. The van der Waals surface area contributed by atoms with E-state index in [1.54, 1.807) is 4.90 Å². The van der Waals surface area contributed by atoms with Crippen molar-refractivity contribution in [3.8, 4) is 0 Å². The van der Waals surface area contributed by atoms with Gasteiger partial charge < -0.3 is 15.4 Å². The number of aliphatic hydroxyl groups is 1. The Morgan fingerprint density at radius 3 is 2.82 bits per heavy atom. The smallest absolute Gasteiger partial charge is 0.274 e. The minimum absolute atomic E-state index is 0.179. The molecule has 1 aliphatic heterocycles. The molecule has 1 aromatic rings. The normalized spacial score (nSPS) is 16.9. The van der Waals surface area contributed by atoms with Crippen LogP contribution in [-0.4, -0.2) is 45.1 Å². The van der Waals surface area contributed by atoms with Crippen LogP contribution in [0.15, 0.2) is 12.4 Å². The molecule has 1 amide bonds. The third-order valence-electron chi connectivity index (χ3n) is 2.75. The van der Waals surface area contributed by atoms with Crippen molar-refractivity contribution in [3.05, 3.63) is 18.1 Å². The predicted octanol–water partition coefficient (Wildman–Crippen LogP) is -0.641. The summed E-state index contributed by atoms with van der Waals surface area (Å²) in [7, 11) is 0. The number of carbonyl (C=O) groups excluding carboxylic acids is 1. The van der Waals surface area contributed by atoms with E-state index in [-0.39, 0.29) is 17.7 Å². The standard InChI is InChI=1S/C10H15N5O2/c11-14-9-6-12-5-8(13-9)10(17)15-3-1-7(16)2-4-15/h5-7,16H,1-4,11H2,(H,13,14). The molecule has 0 saturated carbocycles. The maximum atomic E-state index is 12.0. The number of anilines is 1. The highest BCUT2D eigenvalue weighted by atomic mass is 16.3. The number of hydrazine groups is 1. The number of nitrogens with two attached hydrogens (primary N) is 1. The van der Waals surface area contributed by atoms with Crippen LogP contribution in [0.1, 0.15) is 23.3 Å². The second-order valence-electron chi connectivity index (χ2n) is 3.96. The van der Waals surface area contributed by atoms with Crippen molar-refractivity contribution < 1.29 is 9.90 Å². The lowest BCUT2D eigenvalue weighted by molar-refractivity contribution is 0.0541. The molecule has 1 aliphatic rings. The third-order valence-corrected chi connectivity index (χ3v) is 2.75. The maximum Gasteiger partial charge on any atom is 0.274 e. The molecule has 1 fully saturated rings. The quantitative estimate of drug-likeness (QED) is 0.467. The van der Waals surface area contributed by atoms with Gasteiger partial charge >= 0.3 is 0 Å². The topological polar surface area (TPSA) is 104 Å². The van der Waals surface area contributed by atoms with Crippen molar-refractivity contribution in [2.45, 2.75) is 18.9 Å². The number of rotatable bonds is 2. The first-order valence-electron chi connectivity index (χ1n) is 5.46. The van der Waals surface area contributed by atoms with Gasteiger partial charge in [-0.3, -0.25) is 9.78 Å². The summed E-state index contributed by atoms with van der Waals surface area (Å²) < 4.78 is 0. The van der Waals surface area contributed by atoms with Crippen LogP contribution < -0.4 is 11.3 Å². The number of likely N-dealkylation sites (tertiary alicyclic amines) is 1. The van der Waals surface area contributed by atoms with Gasteiger partial charge in [0.25, 0.3) is 5.91 Å². The Kier molecular flexibility index (Phi) is 3.50. The number of aliphatic hydroxyl groups excluding tert-OH is 1. The molecule has 2 rings (SSSR count). The van der Waals surface area contributed by atoms with Gasteiger partial charge in [0, 0.05) is 13.1 Å². The molecule has 1 aromatic heterocycles. The van der Waals surface area contributed by atoms with E-state index in [9.17, 15) is 9.90 Å². The van der Waals surface area contributed by atoms with E-state index in [0.717, 1.165) is 0 Å². The van der Waals surface area contributed by atoms with E-state index >= 15 is 0 Å². The second kappa shape index (κ2) is 5.07. The summed E-state index contributed by atoms with van der Waals surface area (Å²) >= 11 is 0. The molecule has 0 radical (unpaired) electrons. The fourth-order valence-corrected chi connectivity index (χ4v) is 1.77. The Morgan fingerprint density at radius 1 is 1.47 bits per heavy atom. The van der Waals surface area contributed by atoms with E-state index in [1.807, 2.05) is 0 Å². The second-order valence-corrected chi connectivity index (χ2v) is 3.96. The first kappa shape index (κ1) is 11.7. The molecule has 0 aliphatic carbocycles. The van der Waals surface area contributed by atoms with Crippen LogP contribution >= 0.6 is 0 Å². The first-order valence-corrected chi connectivity index (χ1v) is 5.46. The number of aromatic nitrogens is 2. The minimum Gasteiger partial charge on any atom is -0.393 e. The fraction of sp³-hybridized carbons (Fsp3) is 0.500. The molecule has 0 unspecified atom stereocenters. The summed E-state index contributed by atoms with van der Waals surface area (Å²) in [6.45, 7) is 1.09. The molecule has 7 nitrogen and oxygen atoms in total. The van der Waals surface area contributed by atoms with Crippen molar-refractivity contribution in [1.82, 2.24) is 14.9 Å². The Hall–Kier alpha value is -1.73. The largest absolute Gasteiger partial charge is 0.393 e. The van der Waals surface area contributed by atoms with Crippen LogP contribution in [0.5, 0.6) is 0 Å². The van der Waals surface area contributed by atoms with Gasteiger partial charge in [-0.05, 0) is 12.8 Å². The number of hydrogen-bond acceptors (Lipinski definition) is 6. The van der Waals surface area contributed by atoms with Gasteiger partial charge in [0.05, 0.1) is 18.5 Å². The molecule has 17 heavy (non-hydrogen) atoms. The van der Waals surface area contributed by atoms with Crippen molar-refractivity contribution in [3.63, 3.8) is 0 Å². The highest BCUT2D eigenvalue weighted by molar-refractivity contribution is 5.92. The zero-order valence-corrected chi connectivity index (χ0v) is 9.33. The average molecular weight is 237 g/mol. The number of nitrogens with zero attached hydrogens (tertiary/aromatic N) is 3. The van der Waals surface area contributed by atoms with Gasteiger partial charge in [-0.25, -0.2) is 10.8 Å². The van der Waals surface area contributed by atoms with Gasteiger partial charge in [0.1, 0.15) is 5.69 Å². The molecule has 1 saturated heterocycles. The summed E-state index contributed by atoms with van der Waals surface area (Å²) in [6, 6.07) is 0. The fourth-order valence-electron chi connectivity index (χ4n) is 1.77. The van der Waals surface area contributed by atoms with Crippen molar-refractivity contribution in [1.29, 1.82) is 0 Å². The molecule has 0 aromatic carbocycles. The molecule has 0 atom stereocenters. The number of nitrogen functional groups attached to an aromatic ring is 1. The number of amides is 1. The summed E-state index contributed by atoms with van der Waals surface area (Å²) in [4.78, 5) is 21.6. The predicted molar refractivity (Wildman–Crippen MR) is 61.0 cm³/mol. The molecular weight excluding hydrogens is 222 g/mol. The SMILES string of the molecule is NNc1cncc(C(=O)N2CCC(O)CC2)n1. The van der Waals surface area contributed by atoms with Crippen LogP contribution in [0, 0.1) is 0 Å². The Labute approximate surface area is 98.6 Å². The summed E-state index contributed by atoms with van der Waals surface area (Å²) in [5.74, 6) is 5.38. The zero-order valence-electron chi connectivity index (χ0n) is 9.33. The number of hydrogen-bond donors (Lipinski definition) is 3. The van der Waals surface area contributed by atoms with Gasteiger partial charge in [-0.2, -0.15) is 0 Å². The molecular formula is C10H15N5O2. The van der Waals surface area contributed by atoms with Gasteiger partial charge in [-0.1, -0.05) is 0 Å². The molecule has 4 N–H and O–H groups in total. The van der Waals surface area contributed by atoms with E-state index < -0.39 is 0 Å². The Balaban J connectivity index is 2.08. The number of nitrogens with one attached hydrogen (secondary N) is 1. The van der Waals surface area contributed by atoms with E-state index in [1.165, 1.54) is 12.4 Å². The van der Waals surface area contributed by atoms with E-state index in [4.69, 9.17) is 5.84 Å². The van der Waals surface area contributed by atoms with Crippen molar-refractivity contribution in [2.75, 3.05) is 18.5 Å². The van der Waals surface area contributed by atoms with Gasteiger partial charge in [0.2, 0.25) is 0 Å². The zero-order chi connectivity index (χ0) is 12.3. The Morgan fingerprint density at radius 2 is 2.18 bits per heavy atom. The van der Waals surface area contributed by atoms with Crippen LogP contribution in [0.2, 0.25) is 0 Å². The molecule has 92 valence electrons. The molecule has 0 spiro atoms. The number of carbonyl (C=O) groups is 1.